The number of nitrogens with zero attached hydrogens (tertiary/aromatic N) is 1. The number of aliphatic imine (C=N–C) groups is 1. The van der Waals surface area contributed by atoms with Crippen molar-refractivity contribution in [3.8, 4) is 0 Å². The molecule has 106 valence electrons. The van der Waals surface area contributed by atoms with E-state index in [2.05, 4.69) is 4.99 Å². The van der Waals surface area contributed by atoms with E-state index in [1.807, 2.05) is 0 Å². The van der Waals surface area contributed by atoms with Crippen molar-refractivity contribution in [3.05, 3.63) is 35.4 Å². The van der Waals surface area contributed by atoms with Gasteiger partial charge in [0, 0.05) is 0 Å². The van der Waals surface area contributed by atoms with Gasteiger partial charge in [-0.3, -0.25) is 0 Å². The Kier molecular flexibility index (Phi) is 4.84. The van der Waals surface area contributed by atoms with E-state index in [-0.39, 0.29) is 29.0 Å². The number of rotatable bonds is 3. The molecule has 0 aromatic heterocycles. The predicted octanol–water partition coefficient (Wildman–Crippen LogP) is 2.49. The topological polar surface area (TPSA) is 64.4 Å². The molecule has 0 aliphatic heterocycles. The highest BCUT2D eigenvalue weighted by molar-refractivity contribution is 8.93. The minimum atomic E-state index is -4.28. The van der Waals surface area contributed by atoms with Gasteiger partial charge >= 0.3 is 6.18 Å². The smallest absolute Gasteiger partial charge is 0.370 e. The zero-order valence-corrected chi connectivity index (χ0v) is 11.7. The number of halogens is 4. The van der Waals surface area contributed by atoms with Gasteiger partial charge in [-0.25, -0.2) is 4.99 Å². The van der Waals surface area contributed by atoms with Gasteiger partial charge in [0.25, 0.3) is 0 Å². The fourth-order valence-electron chi connectivity index (χ4n) is 1.93. The summed E-state index contributed by atoms with van der Waals surface area (Å²) < 4.78 is 37.1. The van der Waals surface area contributed by atoms with E-state index in [1.165, 1.54) is 12.1 Å². The maximum atomic E-state index is 12.4. The SMILES string of the molecule is Br.NC(N)=NC1CC1Cc1ccc(C(F)(F)F)cc1. The van der Waals surface area contributed by atoms with Gasteiger partial charge in [-0.05, 0) is 36.5 Å². The highest BCUT2D eigenvalue weighted by Crippen LogP contribution is 2.37. The summed E-state index contributed by atoms with van der Waals surface area (Å²) in [6, 6.07) is 5.35. The number of hydrogen-bond acceptors (Lipinski definition) is 1. The van der Waals surface area contributed by atoms with Crippen LogP contribution in [0.4, 0.5) is 13.2 Å². The van der Waals surface area contributed by atoms with Crippen molar-refractivity contribution in [1.29, 1.82) is 0 Å². The van der Waals surface area contributed by atoms with Crippen LogP contribution in [0.25, 0.3) is 0 Å². The van der Waals surface area contributed by atoms with Crippen LogP contribution in [-0.4, -0.2) is 12.0 Å². The van der Waals surface area contributed by atoms with E-state index in [0.29, 0.717) is 12.3 Å². The molecular weight excluding hydrogens is 323 g/mol. The lowest BCUT2D eigenvalue weighted by molar-refractivity contribution is -0.137. The van der Waals surface area contributed by atoms with Crippen LogP contribution in [-0.2, 0) is 12.6 Å². The van der Waals surface area contributed by atoms with Gasteiger partial charge in [0.2, 0.25) is 0 Å². The second kappa shape index (κ2) is 5.81. The molecule has 7 heteroatoms. The van der Waals surface area contributed by atoms with Crippen molar-refractivity contribution in [2.75, 3.05) is 0 Å². The highest BCUT2D eigenvalue weighted by Gasteiger charge is 2.37. The van der Waals surface area contributed by atoms with Gasteiger partial charge in [-0.1, -0.05) is 12.1 Å². The molecule has 2 unspecified atom stereocenters. The Morgan fingerprint density at radius 1 is 1.21 bits per heavy atom. The van der Waals surface area contributed by atoms with Crippen molar-refractivity contribution in [2.24, 2.45) is 22.4 Å². The van der Waals surface area contributed by atoms with Gasteiger partial charge in [-0.15, -0.1) is 17.0 Å². The van der Waals surface area contributed by atoms with E-state index < -0.39 is 11.7 Å². The Hall–Kier alpha value is -1.24. The molecule has 1 saturated carbocycles. The summed E-state index contributed by atoms with van der Waals surface area (Å²) >= 11 is 0. The van der Waals surface area contributed by atoms with Crippen LogP contribution in [0.1, 0.15) is 17.5 Å². The van der Waals surface area contributed by atoms with Crippen molar-refractivity contribution in [3.63, 3.8) is 0 Å². The summed E-state index contributed by atoms with van der Waals surface area (Å²) in [5.41, 5.74) is 10.8. The number of alkyl halides is 3. The zero-order valence-electron chi connectivity index (χ0n) is 10.0. The average Bonchev–Trinajstić information content (AvgIpc) is 2.94. The van der Waals surface area contributed by atoms with Crippen molar-refractivity contribution in [2.45, 2.75) is 25.1 Å². The number of benzene rings is 1. The fraction of sp³-hybridized carbons (Fsp3) is 0.417. The molecule has 3 nitrogen and oxygen atoms in total. The molecular formula is C12H15BrF3N3. The first-order valence-electron chi connectivity index (χ1n) is 5.61. The van der Waals surface area contributed by atoms with E-state index >= 15 is 0 Å². The lowest BCUT2D eigenvalue weighted by Crippen LogP contribution is -2.23. The number of hydrogen-bond donors (Lipinski definition) is 2. The molecule has 0 bridgehead atoms. The van der Waals surface area contributed by atoms with E-state index in [0.717, 1.165) is 24.1 Å². The van der Waals surface area contributed by atoms with Crippen LogP contribution in [0.15, 0.2) is 29.3 Å². The Balaban J connectivity index is 0.00000180. The molecule has 0 amide bonds. The summed E-state index contributed by atoms with van der Waals surface area (Å²) in [4.78, 5) is 4.02. The van der Waals surface area contributed by atoms with Crippen molar-refractivity contribution in [1.82, 2.24) is 0 Å². The third-order valence-electron chi connectivity index (χ3n) is 2.98. The molecule has 1 aliphatic carbocycles. The number of nitrogens with two attached hydrogens (primary N) is 2. The molecule has 1 aromatic rings. The molecule has 0 saturated heterocycles. The Morgan fingerprint density at radius 2 is 1.79 bits per heavy atom. The van der Waals surface area contributed by atoms with Crippen LogP contribution < -0.4 is 11.5 Å². The molecule has 4 N–H and O–H groups in total. The Bertz CT molecular complexity index is 452. The molecule has 19 heavy (non-hydrogen) atoms. The molecule has 0 radical (unpaired) electrons. The molecule has 2 atom stereocenters. The summed E-state index contributed by atoms with van der Waals surface area (Å²) in [6.07, 6.45) is -2.68. The minimum absolute atomic E-state index is 0. The molecule has 1 fully saturated rings. The average molecular weight is 338 g/mol. The standard InChI is InChI=1S/C12H14F3N3.BrH/c13-12(14,15)9-3-1-7(2-4-9)5-8-6-10(8)18-11(16)17;/h1-4,8,10H,5-6H2,(H4,16,17,18);1H. The van der Waals surface area contributed by atoms with Crippen LogP contribution in [0.2, 0.25) is 0 Å². The molecule has 0 spiro atoms. The van der Waals surface area contributed by atoms with E-state index in [1.54, 1.807) is 0 Å². The first-order chi connectivity index (χ1) is 8.36. The van der Waals surface area contributed by atoms with Gasteiger partial charge in [0.1, 0.15) is 0 Å². The lowest BCUT2D eigenvalue weighted by Gasteiger charge is -2.07. The maximum absolute atomic E-state index is 12.4. The largest absolute Gasteiger partial charge is 0.416 e. The lowest BCUT2D eigenvalue weighted by atomic mass is 10.1. The molecule has 2 rings (SSSR count). The minimum Gasteiger partial charge on any atom is -0.370 e. The highest BCUT2D eigenvalue weighted by atomic mass is 79.9. The molecule has 0 heterocycles. The van der Waals surface area contributed by atoms with Gasteiger partial charge < -0.3 is 11.5 Å². The van der Waals surface area contributed by atoms with Crippen molar-refractivity contribution < 1.29 is 13.2 Å². The Morgan fingerprint density at radius 3 is 2.26 bits per heavy atom. The van der Waals surface area contributed by atoms with Crippen LogP contribution >= 0.6 is 17.0 Å². The van der Waals surface area contributed by atoms with Gasteiger partial charge in [0.05, 0.1) is 11.6 Å². The van der Waals surface area contributed by atoms with Gasteiger partial charge in [-0.2, -0.15) is 13.2 Å². The van der Waals surface area contributed by atoms with Crippen LogP contribution in [0, 0.1) is 5.92 Å². The summed E-state index contributed by atoms with van der Waals surface area (Å²) in [5.74, 6) is 0.402. The summed E-state index contributed by atoms with van der Waals surface area (Å²) in [6.45, 7) is 0. The first kappa shape index (κ1) is 15.8. The zero-order chi connectivity index (χ0) is 13.3. The summed E-state index contributed by atoms with van der Waals surface area (Å²) in [5, 5.41) is 0. The second-order valence-electron chi connectivity index (χ2n) is 4.52. The third kappa shape index (κ3) is 4.41. The first-order valence-corrected chi connectivity index (χ1v) is 5.61. The van der Waals surface area contributed by atoms with E-state index in [4.69, 9.17) is 11.5 Å². The Labute approximate surface area is 119 Å². The monoisotopic (exact) mass is 337 g/mol. The van der Waals surface area contributed by atoms with Crippen molar-refractivity contribution >= 4 is 22.9 Å². The maximum Gasteiger partial charge on any atom is 0.416 e. The molecule has 1 aliphatic rings. The second-order valence-corrected chi connectivity index (χ2v) is 4.52. The summed E-state index contributed by atoms with van der Waals surface area (Å²) in [7, 11) is 0. The molecule has 1 aromatic carbocycles. The quantitative estimate of drug-likeness (QED) is 0.657. The normalized spacial score (nSPS) is 21.4. The van der Waals surface area contributed by atoms with Gasteiger partial charge in [0.15, 0.2) is 5.96 Å². The van der Waals surface area contributed by atoms with Crippen LogP contribution in [0.5, 0.6) is 0 Å². The predicted molar refractivity (Wildman–Crippen MR) is 73.2 cm³/mol. The fourth-order valence-corrected chi connectivity index (χ4v) is 1.93. The number of guanidine groups is 1. The van der Waals surface area contributed by atoms with Crippen LogP contribution in [0.3, 0.4) is 0 Å². The third-order valence-corrected chi connectivity index (χ3v) is 2.98. The van der Waals surface area contributed by atoms with E-state index in [9.17, 15) is 13.2 Å².